The Bertz CT molecular complexity index is 1030. The van der Waals surface area contributed by atoms with E-state index in [9.17, 15) is 18.0 Å². The summed E-state index contributed by atoms with van der Waals surface area (Å²) in [5.41, 5.74) is 11.2. The molecule has 1 heterocycles. The number of nitrogens with zero attached hydrogens (tertiary/aromatic N) is 2. The van der Waals surface area contributed by atoms with E-state index in [1.54, 1.807) is 0 Å². The van der Waals surface area contributed by atoms with Crippen molar-refractivity contribution in [2.24, 2.45) is 17.4 Å². The highest BCUT2D eigenvalue weighted by Crippen LogP contribution is 2.34. The fraction of sp³-hybridized carbons (Fsp3) is 0.333. The number of primary amides is 2. The van der Waals surface area contributed by atoms with Crippen LogP contribution in [0.4, 0.5) is 17.3 Å². The maximum absolute atomic E-state index is 11.7. The highest BCUT2D eigenvalue weighted by atomic mass is 32.2. The van der Waals surface area contributed by atoms with Crippen molar-refractivity contribution in [2.45, 2.75) is 30.2 Å². The van der Waals surface area contributed by atoms with Gasteiger partial charge in [0.25, 0.3) is 5.91 Å². The van der Waals surface area contributed by atoms with Gasteiger partial charge < -0.3 is 22.1 Å². The summed E-state index contributed by atoms with van der Waals surface area (Å²) in [5.74, 6) is -0.491. The van der Waals surface area contributed by atoms with Crippen LogP contribution >= 0.6 is 0 Å². The zero-order valence-corrected chi connectivity index (χ0v) is 16.6. The van der Waals surface area contributed by atoms with Crippen LogP contribution in [0.25, 0.3) is 0 Å². The number of nitrogens with one attached hydrogen (secondary N) is 2. The third kappa shape index (κ3) is 5.41. The molecule has 3 rings (SSSR count). The summed E-state index contributed by atoms with van der Waals surface area (Å²) in [6.45, 7) is 0. The molecule has 1 aromatic carbocycles. The highest BCUT2D eigenvalue weighted by Gasteiger charge is 2.28. The van der Waals surface area contributed by atoms with Crippen LogP contribution in [0.5, 0.6) is 0 Å². The fourth-order valence-corrected chi connectivity index (χ4v) is 3.39. The molecule has 0 radical (unpaired) electrons. The number of rotatable bonds is 9. The van der Waals surface area contributed by atoms with Gasteiger partial charge in [-0.05, 0) is 36.6 Å². The first-order valence-electron chi connectivity index (χ1n) is 8.93. The smallest absolute Gasteiger partial charge is 0.271 e. The highest BCUT2D eigenvalue weighted by molar-refractivity contribution is 7.90. The van der Waals surface area contributed by atoms with Gasteiger partial charge in [-0.1, -0.05) is 12.8 Å². The molecule has 1 atom stereocenters. The number of hydrogen-bond donors (Lipinski definition) is 4. The number of nitrogens with two attached hydrogens (primary N) is 2. The molecule has 0 aliphatic heterocycles. The van der Waals surface area contributed by atoms with Gasteiger partial charge in [0.1, 0.15) is 11.9 Å². The molecule has 11 heteroatoms. The predicted molar refractivity (Wildman–Crippen MR) is 107 cm³/mol. The van der Waals surface area contributed by atoms with Crippen LogP contribution in [0, 0.1) is 5.92 Å². The number of anilines is 3. The Hall–Kier alpha value is -3.21. The van der Waals surface area contributed by atoms with Gasteiger partial charge in [-0.15, -0.1) is 0 Å². The van der Waals surface area contributed by atoms with Crippen molar-refractivity contribution in [1.29, 1.82) is 0 Å². The molecule has 2 aromatic rings. The van der Waals surface area contributed by atoms with Gasteiger partial charge in [0.15, 0.2) is 21.3 Å². The first kappa shape index (κ1) is 20.5. The first-order valence-corrected chi connectivity index (χ1v) is 10.8. The Morgan fingerprint density at radius 3 is 2.38 bits per heavy atom. The number of amides is 2. The van der Waals surface area contributed by atoms with Crippen LogP contribution < -0.4 is 22.1 Å². The minimum atomic E-state index is -3.33. The minimum absolute atomic E-state index is 0.0734. The van der Waals surface area contributed by atoms with Crippen molar-refractivity contribution in [3.05, 3.63) is 36.2 Å². The van der Waals surface area contributed by atoms with Gasteiger partial charge in [-0.3, -0.25) is 9.59 Å². The quantitative estimate of drug-likeness (QED) is 0.463. The van der Waals surface area contributed by atoms with Gasteiger partial charge in [0.2, 0.25) is 5.91 Å². The van der Waals surface area contributed by atoms with Crippen LogP contribution in [-0.2, 0) is 14.6 Å². The molecule has 1 aromatic heterocycles. The molecule has 1 saturated carbocycles. The third-order valence-electron chi connectivity index (χ3n) is 4.48. The maximum atomic E-state index is 11.7. The van der Waals surface area contributed by atoms with Gasteiger partial charge in [-0.2, -0.15) is 0 Å². The molecule has 6 N–H and O–H groups in total. The molecule has 0 spiro atoms. The number of hydrogen-bond acceptors (Lipinski definition) is 8. The second kappa shape index (κ2) is 8.03. The lowest BCUT2D eigenvalue weighted by atomic mass is 10.1. The van der Waals surface area contributed by atoms with Crippen molar-refractivity contribution in [1.82, 2.24) is 9.97 Å². The van der Waals surface area contributed by atoms with Gasteiger partial charge in [0.05, 0.1) is 11.1 Å². The summed E-state index contributed by atoms with van der Waals surface area (Å²) in [6.07, 6.45) is 5.14. The lowest BCUT2D eigenvalue weighted by Gasteiger charge is -2.17. The average Bonchev–Trinajstić information content (AvgIpc) is 3.45. The summed E-state index contributed by atoms with van der Waals surface area (Å²) in [6, 6.07) is 5.31. The van der Waals surface area contributed by atoms with Crippen LogP contribution in [0.15, 0.2) is 35.4 Å². The van der Waals surface area contributed by atoms with Crippen LogP contribution in [-0.4, -0.2) is 42.5 Å². The van der Waals surface area contributed by atoms with Crippen molar-refractivity contribution < 1.29 is 18.0 Å². The number of sulfone groups is 1. The molecule has 29 heavy (non-hydrogen) atoms. The van der Waals surface area contributed by atoms with E-state index in [2.05, 4.69) is 20.6 Å². The number of benzene rings is 1. The van der Waals surface area contributed by atoms with E-state index in [0.717, 1.165) is 19.1 Å². The molecule has 1 aliphatic rings. The monoisotopic (exact) mass is 418 g/mol. The Morgan fingerprint density at radius 2 is 1.86 bits per heavy atom. The maximum Gasteiger partial charge on any atom is 0.271 e. The summed E-state index contributed by atoms with van der Waals surface area (Å²) in [7, 11) is -3.33. The molecule has 1 unspecified atom stereocenters. The molecule has 154 valence electrons. The van der Waals surface area contributed by atoms with Crippen LogP contribution in [0.2, 0.25) is 0 Å². The van der Waals surface area contributed by atoms with E-state index < -0.39 is 27.7 Å². The van der Waals surface area contributed by atoms with Crippen molar-refractivity contribution in [2.75, 3.05) is 16.9 Å². The molecule has 0 saturated heterocycles. The molecule has 1 fully saturated rings. The van der Waals surface area contributed by atoms with Crippen molar-refractivity contribution >= 4 is 39.0 Å². The molecular formula is C18H22N6O4S. The van der Waals surface area contributed by atoms with Crippen molar-refractivity contribution in [3.63, 3.8) is 0 Å². The van der Waals surface area contributed by atoms with Crippen molar-refractivity contribution in [3.8, 4) is 0 Å². The number of carbonyl (C=O) groups excluding carboxylic acids is 2. The second-order valence-electron chi connectivity index (χ2n) is 7.02. The molecular weight excluding hydrogens is 396 g/mol. The van der Waals surface area contributed by atoms with Gasteiger partial charge in [-0.25, -0.2) is 18.4 Å². The van der Waals surface area contributed by atoms with E-state index in [4.69, 9.17) is 11.5 Å². The molecule has 10 nitrogen and oxygen atoms in total. The average molecular weight is 418 g/mol. The van der Waals surface area contributed by atoms with E-state index in [-0.39, 0.29) is 22.2 Å². The number of aromatic nitrogens is 2. The topological polar surface area (TPSA) is 170 Å². The lowest BCUT2D eigenvalue weighted by Crippen LogP contribution is -2.36. The van der Waals surface area contributed by atoms with Crippen LogP contribution in [0.1, 0.15) is 29.8 Å². The largest absolute Gasteiger partial charge is 0.368 e. The van der Waals surface area contributed by atoms with Gasteiger partial charge >= 0.3 is 0 Å². The first-order chi connectivity index (χ1) is 13.6. The van der Waals surface area contributed by atoms with E-state index >= 15 is 0 Å². The zero-order chi connectivity index (χ0) is 21.2. The fourth-order valence-electron chi connectivity index (χ4n) is 2.76. The third-order valence-corrected chi connectivity index (χ3v) is 5.61. The minimum Gasteiger partial charge on any atom is -0.368 e. The Labute approximate surface area is 168 Å². The molecule has 2 amide bonds. The molecule has 1 aliphatic carbocycles. The summed E-state index contributed by atoms with van der Waals surface area (Å²) in [4.78, 5) is 31.9. The summed E-state index contributed by atoms with van der Waals surface area (Å²) in [5, 5.41) is 5.85. The Morgan fingerprint density at radius 1 is 1.21 bits per heavy atom. The molecule has 0 bridgehead atoms. The Kier molecular flexibility index (Phi) is 5.69. The number of carbonyl (C=O) groups is 2. The summed E-state index contributed by atoms with van der Waals surface area (Å²) < 4.78 is 23.2. The van der Waals surface area contributed by atoms with E-state index in [0.29, 0.717) is 18.0 Å². The van der Waals surface area contributed by atoms with Crippen LogP contribution in [0.3, 0.4) is 0 Å². The zero-order valence-electron chi connectivity index (χ0n) is 15.8. The SMILES string of the molecule is CS(=O)(=O)c1ccc(Nc2nc(NC(CC3CC3)C(N)=O)cnc2C(N)=O)cc1. The van der Waals surface area contributed by atoms with Gasteiger partial charge in [0, 0.05) is 11.9 Å². The Balaban J connectivity index is 1.84. The van der Waals surface area contributed by atoms with E-state index in [1.807, 2.05) is 0 Å². The lowest BCUT2D eigenvalue weighted by molar-refractivity contribution is -0.118. The second-order valence-corrected chi connectivity index (χ2v) is 9.03. The van der Waals surface area contributed by atoms with E-state index in [1.165, 1.54) is 30.5 Å². The normalized spacial score (nSPS) is 14.8. The predicted octanol–water partition coefficient (Wildman–Crippen LogP) is 0.789. The standard InChI is InChI=1S/C18H22N6O4S/c1-29(27,28)12-6-4-11(5-7-12)22-18-15(17(20)26)21-9-14(24-18)23-13(16(19)25)8-10-2-3-10/h4-7,9-10,13H,2-3,8H2,1H3,(H2,19,25)(H2,20,26)(H2,22,23,24). The summed E-state index contributed by atoms with van der Waals surface area (Å²) >= 11 is 0.